The van der Waals surface area contributed by atoms with Gasteiger partial charge in [-0.1, -0.05) is 35.9 Å². The van der Waals surface area contributed by atoms with E-state index in [1.165, 1.54) is 12.1 Å². The van der Waals surface area contributed by atoms with E-state index >= 15 is 0 Å². The number of carbonyl (C=O) groups is 1. The molecular formula is C22H21FN4O2. The highest BCUT2D eigenvalue weighted by Gasteiger charge is 2.35. The second kappa shape index (κ2) is 7.50. The molecule has 148 valence electrons. The minimum absolute atomic E-state index is 0.240. The Balaban J connectivity index is 1.87. The largest absolute Gasteiger partial charge is 0.463 e. The Morgan fingerprint density at radius 2 is 2.00 bits per heavy atom. The molecule has 29 heavy (non-hydrogen) atoms. The number of rotatable bonds is 4. The first-order valence-electron chi connectivity index (χ1n) is 9.42. The van der Waals surface area contributed by atoms with Crippen molar-refractivity contribution in [2.45, 2.75) is 26.8 Å². The normalized spacial score (nSPS) is 15.7. The summed E-state index contributed by atoms with van der Waals surface area (Å²) in [5.74, 6) is 0.157. The lowest BCUT2D eigenvalue weighted by Crippen LogP contribution is -2.29. The molecule has 2 aromatic carbocycles. The number of benzene rings is 2. The molecule has 0 saturated carbocycles. The van der Waals surface area contributed by atoms with Crippen molar-refractivity contribution < 1.29 is 13.9 Å². The molecule has 0 spiro atoms. The van der Waals surface area contributed by atoms with E-state index in [1.54, 1.807) is 30.7 Å². The highest BCUT2D eigenvalue weighted by atomic mass is 19.1. The number of carbonyl (C=O) groups excluding carboxylic acids is 1. The molecule has 1 aromatic heterocycles. The van der Waals surface area contributed by atoms with Gasteiger partial charge in [0.2, 0.25) is 5.95 Å². The highest BCUT2D eigenvalue weighted by Crippen LogP contribution is 2.37. The van der Waals surface area contributed by atoms with Gasteiger partial charge in [0.1, 0.15) is 11.9 Å². The Morgan fingerprint density at radius 3 is 2.72 bits per heavy atom. The minimum Gasteiger partial charge on any atom is -0.463 e. The molecule has 3 aromatic rings. The van der Waals surface area contributed by atoms with Gasteiger partial charge in [-0.05, 0) is 44.5 Å². The topological polar surface area (TPSA) is 69.0 Å². The zero-order chi connectivity index (χ0) is 20.5. The van der Waals surface area contributed by atoms with Crippen LogP contribution in [0.4, 0.5) is 10.3 Å². The summed E-state index contributed by atoms with van der Waals surface area (Å²) in [6.07, 6.45) is 0. The molecule has 0 bridgehead atoms. The molecule has 4 rings (SSSR count). The third-order valence-corrected chi connectivity index (χ3v) is 4.79. The van der Waals surface area contributed by atoms with E-state index in [4.69, 9.17) is 4.74 Å². The maximum atomic E-state index is 14.0. The standard InChI is InChI=1S/C22H21FN4O2/c1-4-29-21(28)18-14(3)24-22-25-20(16-9-5-7-13(2)11-16)26-27(22)19(18)15-8-6-10-17(23)12-15/h5-12,19H,4H2,1-3H3,(H,24,25,26). The molecule has 0 saturated heterocycles. The van der Waals surface area contributed by atoms with Crippen LogP contribution in [0.25, 0.3) is 11.4 Å². The summed E-state index contributed by atoms with van der Waals surface area (Å²) >= 11 is 0. The van der Waals surface area contributed by atoms with Crippen LogP contribution in [0.1, 0.15) is 31.0 Å². The van der Waals surface area contributed by atoms with Gasteiger partial charge in [0.15, 0.2) is 5.82 Å². The molecule has 0 radical (unpaired) electrons. The quantitative estimate of drug-likeness (QED) is 0.673. The van der Waals surface area contributed by atoms with E-state index < -0.39 is 12.0 Å². The van der Waals surface area contributed by atoms with Gasteiger partial charge in [-0.25, -0.2) is 13.9 Å². The number of aromatic nitrogens is 3. The van der Waals surface area contributed by atoms with Crippen molar-refractivity contribution in [2.75, 3.05) is 11.9 Å². The van der Waals surface area contributed by atoms with Crippen LogP contribution in [-0.2, 0) is 9.53 Å². The van der Waals surface area contributed by atoms with Crippen LogP contribution >= 0.6 is 0 Å². The van der Waals surface area contributed by atoms with Crippen LogP contribution in [0.15, 0.2) is 59.8 Å². The summed E-state index contributed by atoms with van der Waals surface area (Å²) in [6.45, 7) is 5.77. The number of nitrogens with zero attached hydrogens (tertiary/aromatic N) is 3. The first-order chi connectivity index (χ1) is 14.0. The number of nitrogens with one attached hydrogen (secondary N) is 1. The molecule has 1 atom stereocenters. The number of esters is 1. The summed E-state index contributed by atoms with van der Waals surface area (Å²) in [7, 11) is 0. The molecule has 1 aliphatic heterocycles. The van der Waals surface area contributed by atoms with Crippen molar-refractivity contribution in [3.05, 3.63) is 76.7 Å². The predicted molar refractivity (Wildman–Crippen MR) is 108 cm³/mol. The highest BCUT2D eigenvalue weighted by molar-refractivity contribution is 5.92. The van der Waals surface area contributed by atoms with Gasteiger partial charge < -0.3 is 10.1 Å². The van der Waals surface area contributed by atoms with Crippen molar-refractivity contribution in [1.82, 2.24) is 14.8 Å². The number of anilines is 1. The summed E-state index contributed by atoms with van der Waals surface area (Å²) < 4.78 is 20.9. The van der Waals surface area contributed by atoms with Gasteiger partial charge in [-0.15, -0.1) is 5.10 Å². The van der Waals surface area contributed by atoms with Crippen LogP contribution in [0.5, 0.6) is 0 Å². The Bertz CT molecular complexity index is 1120. The number of aryl methyl sites for hydroxylation is 1. The molecule has 0 fully saturated rings. The Kier molecular flexibility index (Phi) is 4.88. The predicted octanol–water partition coefficient (Wildman–Crippen LogP) is 4.24. The molecule has 1 unspecified atom stereocenters. The zero-order valence-electron chi connectivity index (χ0n) is 16.4. The van der Waals surface area contributed by atoms with Crippen LogP contribution in [-0.4, -0.2) is 27.3 Å². The number of hydrogen-bond acceptors (Lipinski definition) is 5. The number of hydrogen-bond donors (Lipinski definition) is 1. The van der Waals surface area contributed by atoms with E-state index in [2.05, 4.69) is 15.4 Å². The lowest BCUT2D eigenvalue weighted by molar-refractivity contribution is -0.139. The molecule has 0 aliphatic carbocycles. The van der Waals surface area contributed by atoms with Gasteiger partial charge in [-0.2, -0.15) is 4.98 Å². The Morgan fingerprint density at radius 1 is 1.21 bits per heavy atom. The molecule has 1 aliphatic rings. The average Bonchev–Trinajstić information content (AvgIpc) is 3.10. The lowest BCUT2D eigenvalue weighted by Gasteiger charge is -2.28. The number of allylic oxidation sites excluding steroid dienone is 1. The molecule has 7 heteroatoms. The molecule has 2 heterocycles. The number of ether oxygens (including phenoxy) is 1. The summed E-state index contributed by atoms with van der Waals surface area (Å²) in [6, 6.07) is 13.4. The summed E-state index contributed by atoms with van der Waals surface area (Å²) in [5, 5.41) is 7.80. The van der Waals surface area contributed by atoms with E-state index in [0.717, 1.165) is 11.1 Å². The lowest BCUT2D eigenvalue weighted by atomic mass is 9.96. The molecule has 0 amide bonds. The summed E-state index contributed by atoms with van der Waals surface area (Å²) in [4.78, 5) is 17.3. The van der Waals surface area contributed by atoms with E-state index in [0.29, 0.717) is 28.6 Å². The number of fused-ring (bicyclic) bond motifs is 1. The SMILES string of the molecule is CCOC(=O)C1=C(C)Nc2nc(-c3cccc(C)c3)nn2C1c1cccc(F)c1. The number of halogens is 1. The second-order valence-corrected chi connectivity index (χ2v) is 6.91. The third kappa shape index (κ3) is 3.51. The van der Waals surface area contributed by atoms with Crippen molar-refractivity contribution in [2.24, 2.45) is 0 Å². The Labute approximate surface area is 168 Å². The van der Waals surface area contributed by atoms with Gasteiger partial charge in [-0.3, -0.25) is 0 Å². The van der Waals surface area contributed by atoms with Crippen LogP contribution in [0, 0.1) is 12.7 Å². The van der Waals surface area contributed by atoms with Crippen molar-refractivity contribution in [3.8, 4) is 11.4 Å². The second-order valence-electron chi connectivity index (χ2n) is 6.91. The molecule has 6 nitrogen and oxygen atoms in total. The smallest absolute Gasteiger partial charge is 0.338 e. The van der Waals surface area contributed by atoms with Gasteiger partial charge in [0.25, 0.3) is 0 Å². The zero-order valence-corrected chi connectivity index (χ0v) is 16.4. The molecular weight excluding hydrogens is 371 g/mol. The maximum Gasteiger partial charge on any atom is 0.338 e. The first-order valence-corrected chi connectivity index (χ1v) is 9.42. The van der Waals surface area contributed by atoms with Gasteiger partial charge in [0.05, 0.1) is 12.2 Å². The van der Waals surface area contributed by atoms with Gasteiger partial charge >= 0.3 is 5.97 Å². The summed E-state index contributed by atoms with van der Waals surface area (Å²) in [5.41, 5.74) is 3.53. The van der Waals surface area contributed by atoms with E-state index in [1.807, 2.05) is 31.2 Å². The van der Waals surface area contributed by atoms with E-state index in [-0.39, 0.29) is 12.4 Å². The van der Waals surface area contributed by atoms with Crippen molar-refractivity contribution in [1.29, 1.82) is 0 Å². The Hall–Kier alpha value is -3.48. The van der Waals surface area contributed by atoms with E-state index in [9.17, 15) is 9.18 Å². The fourth-order valence-electron chi connectivity index (χ4n) is 3.52. The van der Waals surface area contributed by atoms with Crippen molar-refractivity contribution >= 4 is 11.9 Å². The van der Waals surface area contributed by atoms with Crippen LogP contribution in [0.3, 0.4) is 0 Å². The first kappa shape index (κ1) is 18.9. The van der Waals surface area contributed by atoms with Crippen LogP contribution < -0.4 is 5.32 Å². The monoisotopic (exact) mass is 392 g/mol. The minimum atomic E-state index is -0.646. The maximum absolute atomic E-state index is 14.0. The molecule has 1 N–H and O–H groups in total. The average molecular weight is 392 g/mol. The van der Waals surface area contributed by atoms with Gasteiger partial charge in [0, 0.05) is 11.3 Å². The van der Waals surface area contributed by atoms with Crippen LogP contribution in [0.2, 0.25) is 0 Å². The third-order valence-electron chi connectivity index (χ3n) is 4.79. The fourth-order valence-corrected chi connectivity index (χ4v) is 3.52. The van der Waals surface area contributed by atoms with Crippen molar-refractivity contribution in [3.63, 3.8) is 0 Å². The fraction of sp³-hybridized carbons (Fsp3) is 0.227.